The van der Waals surface area contributed by atoms with Gasteiger partial charge >= 0.3 is 12.0 Å². The lowest BCUT2D eigenvalue weighted by Gasteiger charge is -2.30. The van der Waals surface area contributed by atoms with Gasteiger partial charge in [0.1, 0.15) is 6.04 Å². The number of hydrogen-bond acceptors (Lipinski definition) is 4. The van der Waals surface area contributed by atoms with E-state index in [1.165, 1.54) is 4.90 Å². The first-order valence-corrected chi connectivity index (χ1v) is 9.65. The molecule has 0 aromatic heterocycles. The molecule has 8 heteroatoms. The van der Waals surface area contributed by atoms with Crippen molar-refractivity contribution in [2.75, 3.05) is 19.6 Å². The van der Waals surface area contributed by atoms with Crippen molar-refractivity contribution < 1.29 is 24.3 Å². The molecular formula is C20H23N3O5. The number of likely N-dealkylation sites (tertiary alicyclic amines) is 1. The number of imide groups is 1. The van der Waals surface area contributed by atoms with Gasteiger partial charge in [0, 0.05) is 39.0 Å². The van der Waals surface area contributed by atoms with Crippen molar-refractivity contribution in [3.05, 3.63) is 35.4 Å². The number of urea groups is 1. The third-order valence-corrected chi connectivity index (χ3v) is 6.02. The van der Waals surface area contributed by atoms with Crippen LogP contribution in [0.4, 0.5) is 4.79 Å². The summed E-state index contributed by atoms with van der Waals surface area (Å²) in [5.74, 6) is -1.60. The number of carbonyl (C=O) groups is 4. The molecular weight excluding hydrogens is 362 g/mol. The minimum atomic E-state index is -0.821. The van der Waals surface area contributed by atoms with Gasteiger partial charge in [0.05, 0.1) is 5.92 Å². The van der Waals surface area contributed by atoms with Gasteiger partial charge in [0.25, 0.3) is 5.91 Å². The summed E-state index contributed by atoms with van der Waals surface area (Å²) >= 11 is 0. The number of amides is 4. The van der Waals surface area contributed by atoms with Gasteiger partial charge < -0.3 is 14.9 Å². The number of nitrogens with zero attached hydrogens (tertiary/aromatic N) is 3. The maximum atomic E-state index is 12.7. The molecule has 0 radical (unpaired) electrons. The Hall–Kier alpha value is -2.90. The zero-order valence-electron chi connectivity index (χ0n) is 15.5. The number of rotatable bonds is 4. The van der Waals surface area contributed by atoms with Crippen molar-refractivity contribution in [2.24, 2.45) is 5.92 Å². The lowest BCUT2D eigenvalue weighted by molar-refractivity contribution is -0.145. The molecule has 2 fully saturated rings. The van der Waals surface area contributed by atoms with Crippen LogP contribution in [-0.4, -0.2) is 69.3 Å². The Morgan fingerprint density at radius 3 is 2.43 bits per heavy atom. The average Bonchev–Trinajstić information content (AvgIpc) is 2.94. The number of carbonyl (C=O) groups excluding carboxylic acids is 3. The van der Waals surface area contributed by atoms with Gasteiger partial charge in [0.2, 0.25) is 5.91 Å². The monoisotopic (exact) mass is 385 g/mol. The molecule has 8 nitrogen and oxygen atoms in total. The lowest BCUT2D eigenvalue weighted by Crippen LogP contribution is -2.42. The molecule has 28 heavy (non-hydrogen) atoms. The Balaban J connectivity index is 1.35. The van der Waals surface area contributed by atoms with E-state index in [2.05, 4.69) is 0 Å². The standard InChI is InChI=1S/C20H23N3O5/c24-17(21-8-5-13(6-9-21)19(26)27)7-10-22-18(25)16-11-14-3-1-2-4-15(14)12-23(16)20(22)28/h1-4,13,16H,5-12H2,(H,26,27)/t16-/m0/s1. The zero-order chi connectivity index (χ0) is 19.8. The van der Waals surface area contributed by atoms with Gasteiger partial charge in [-0.3, -0.25) is 19.3 Å². The number of carboxylic acids is 1. The van der Waals surface area contributed by atoms with E-state index in [9.17, 15) is 19.2 Å². The first kappa shape index (κ1) is 18.5. The molecule has 0 aliphatic carbocycles. The van der Waals surface area contributed by atoms with E-state index in [1.807, 2.05) is 24.3 Å². The van der Waals surface area contributed by atoms with Crippen LogP contribution in [0, 0.1) is 5.92 Å². The quantitative estimate of drug-likeness (QED) is 0.783. The molecule has 1 N–H and O–H groups in total. The van der Waals surface area contributed by atoms with Gasteiger partial charge in [-0.15, -0.1) is 0 Å². The van der Waals surface area contributed by atoms with Crippen LogP contribution in [0.1, 0.15) is 30.4 Å². The van der Waals surface area contributed by atoms with Crippen molar-refractivity contribution in [3.63, 3.8) is 0 Å². The molecule has 0 saturated carbocycles. The fraction of sp³-hybridized carbons (Fsp3) is 0.500. The highest BCUT2D eigenvalue weighted by atomic mass is 16.4. The number of hydrogen-bond donors (Lipinski definition) is 1. The molecule has 4 rings (SSSR count). The molecule has 1 aromatic rings. The van der Waals surface area contributed by atoms with Gasteiger partial charge in [-0.2, -0.15) is 0 Å². The topological polar surface area (TPSA) is 98.2 Å². The first-order valence-electron chi connectivity index (χ1n) is 9.65. The molecule has 0 unspecified atom stereocenters. The molecule has 3 heterocycles. The van der Waals surface area contributed by atoms with Crippen molar-refractivity contribution in [1.29, 1.82) is 0 Å². The Morgan fingerprint density at radius 1 is 1.07 bits per heavy atom. The second-order valence-electron chi connectivity index (χ2n) is 7.63. The van der Waals surface area contributed by atoms with E-state index in [1.54, 1.807) is 9.80 Å². The van der Waals surface area contributed by atoms with Crippen LogP contribution in [0.2, 0.25) is 0 Å². The molecule has 148 valence electrons. The maximum Gasteiger partial charge on any atom is 0.327 e. The molecule has 0 bridgehead atoms. The predicted molar refractivity (Wildman–Crippen MR) is 98.1 cm³/mol. The summed E-state index contributed by atoms with van der Waals surface area (Å²) in [6, 6.07) is 6.99. The third kappa shape index (κ3) is 3.23. The van der Waals surface area contributed by atoms with Gasteiger partial charge in [-0.25, -0.2) is 4.79 Å². The molecule has 1 atom stereocenters. The van der Waals surface area contributed by atoms with E-state index >= 15 is 0 Å². The van der Waals surface area contributed by atoms with Crippen LogP contribution in [0.15, 0.2) is 24.3 Å². The number of benzene rings is 1. The second kappa shape index (κ2) is 7.26. The molecule has 4 amide bonds. The van der Waals surface area contributed by atoms with Crippen LogP contribution < -0.4 is 0 Å². The molecule has 3 aliphatic rings. The van der Waals surface area contributed by atoms with E-state index in [0.717, 1.165) is 11.1 Å². The van der Waals surface area contributed by atoms with Gasteiger partial charge in [-0.1, -0.05) is 24.3 Å². The Morgan fingerprint density at radius 2 is 1.75 bits per heavy atom. The van der Waals surface area contributed by atoms with E-state index in [4.69, 9.17) is 5.11 Å². The lowest BCUT2D eigenvalue weighted by atomic mass is 9.95. The number of carboxylic acid groups (broad SMARTS) is 1. The summed E-state index contributed by atoms with van der Waals surface area (Å²) in [4.78, 5) is 53.3. The fourth-order valence-corrected chi connectivity index (χ4v) is 4.32. The number of fused-ring (bicyclic) bond motifs is 2. The summed E-state index contributed by atoms with van der Waals surface area (Å²) in [5.41, 5.74) is 2.14. The Kier molecular flexibility index (Phi) is 4.78. The molecule has 1 aromatic carbocycles. The SMILES string of the molecule is O=C(O)C1CCN(C(=O)CCN2C(=O)[C@@H]3Cc4ccccc4CN3C2=O)CC1. The van der Waals surface area contributed by atoms with Gasteiger partial charge in [0.15, 0.2) is 0 Å². The van der Waals surface area contributed by atoms with Crippen molar-refractivity contribution in [2.45, 2.75) is 38.3 Å². The molecule has 0 spiro atoms. The summed E-state index contributed by atoms with van der Waals surface area (Å²) in [6.45, 7) is 1.29. The highest BCUT2D eigenvalue weighted by molar-refractivity contribution is 6.04. The second-order valence-corrected chi connectivity index (χ2v) is 7.63. The number of piperidine rings is 1. The highest BCUT2D eigenvalue weighted by Gasteiger charge is 2.47. The zero-order valence-corrected chi connectivity index (χ0v) is 15.5. The molecule has 3 aliphatic heterocycles. The van der Waals surface area contributed by atoms with Gasteiger partial charge in [-0.05, 0) is 24.0 Å². The first-order chi connectivity index (χ1) is 13.5. The van der Waals surface area contributed by atoms with Crippen molar-refractivity contribution in [3.8, 4) is 0 Å². The summed E-state index contributed by atoms with van der Waals surface area (Å²) in [6.07, 6.45) is 1.46. The third-order valence-electron chi connectivity index (χ3n) is 6.02. The fourth-order valence-electron chi connectivity index (χ4n) is 4.32. The predicted octanol–water partition coefficient (Wildman–Crippen LogP) is 1.09. The minimum Gasteiger partial charge on any atom is -0.481 e. The smallest absolute Gasteiger partial charge is 0.327 e. The average molecular weight is 385 g/mol. The van der Waals surface area contributed by atoms with Crippen LogP contribution in [0.5, 0.6) is 0 Å². The minimum absolute atomic E-state index is 0.0682. The Bertz CT molecular complexity index is 788. The maximum absolute atomic E-state index is 12.7. The summed E-state index contributed by atoms with van der Waals surface area (Å²) in [7, 11) is 0. The van der Waals surface area contributed by atoms with Crippen LogP contribution in [-0.2, 0) is 27.3 Å². The largest absolute Gasteiger partial charge is 0.481 e. The molecule has 2 saturated heterocycles. The highest BCUT2D eigenvalue weighted by Crippen LogP contribution is 2.30. The van der Waals surface area contributed by atoms with E-state index in [-0.39, 0.29) is 30.8 Å². The van der Waals surface area contributed by atoms with Crippen LogP contribution in [0.3, 0.4) is 0 Å². The summed E-state index contributed by atoms with van der Waals surface area (Å²) in [5, 5.41) is 9.05. The normalized spacial score (nSPS) is 22.3. The van der Waals surface area contributed by atoms with Crippen molar-refractivity contribution in [1.82, 2.24) is 14.7 Å². The van der Waals surface area contributed by atoms with E-state index in [0.29, 0.717) is 38.9 Å². The van der Waals surface area contributed by atoms with Crippen LogP contribution >= 0.6 is 0 Å². The Labute approximate surface area is 162 Å². The van der Waals surface area contributed by atoms with Crippen LogP contribution in [0.25, 0.3) is 0 Å². The number of aliphatic carboxylic acids is 1. The van der Waals surface area contributed by atoms with Crippen molar-refractivity contribution >= 4 is 23.8 Å². The van der Waals surface area contributed by atoms with E-state index < -0.39 is 17.9 Å². The summed E-state index contributed by atoms with van der Waals surface area (Å²) < 4.78 is 0.